The fourth-order valence-corrected chi connectivity index (χ4v) is 6.49. The summed E-state index contributed by atoms with van der Waals surface area (Å²) in [5.41, 5.74) is 14.8. The second-order valence-electron chi connectivity index (χ2n) is 13.0. The van der Waals surface area contributed by atoms with Gasteiger partial charge in [0.1, 0.15) is 0 Å². The molecule has 2 nitrogen and oxygen atoms in total. The minimum atomic E-state index is 0.837. The number of aryl methyl sites for hydroxylation is 2. The highest BCUT2D eigenvalue weighted by Gasteiger charge is 2.13. The molecule has 6 rings (SSSR count). The van der Waals surface area contributed by atoms with E-state index in [4.69, 9.17) is 0 Å². The van der Waals surface area contributed by atoms with Crippen LogP contribution in [0.4, 0.5) is 11.4 Å². The van der Waals surface area contributed by atoms with Crippen LogP contribution in [0, 0.1) is 13.8 Å². The van der Waals surface area contributed by atoms with E-state index in [2.05, 4.69) is 207 Å². The summed E-state index contributed by atoms with van der Waals surface area (Å²) in [5, 5.41) is 0. The topological polar surface area (TPSA) is 6.48 Å². The zero-order chi connectivity index (χ0) is 34.7. The average molecular weight is 653 g/mol. The molecule has 0 unspecified atom stereocenters. The zero-order valence-corrected chi connectivity index (χ0v) is 29.9. The van der Waals surface area contributed by atoms with Gasteiger partial charge in [0.25, 0.3) is 0 Å². The molecule has 0 fully saturated rings. The van der Waals surface area contributed by atoms with Crippen molar-refractivity contribution in [1.82, 2.24) is 0 Å². The van der Waals surface area contributed by atoms with Crippen molar-refractivity contribution in [1.29, 1.82) is 0 Å². The van der Waals surface area contributed by atoms with Gasteiger partial charge < -0.3 is 9.80 Å². The lowest BCUT2D eigenvalue weighted by atomic mass is 9.93. The van der Waals surface area contributed by atoms with E-state index in [1.165, 1.54) is 67.0 Å². The summed E-state index contributed by atoms with van der Waals surface area (Å²) in [7, 11) is 0. The molecule has 0 aliphatic rings. The summed E-state index contributed by atoms with van der Waals surface area (Å²) in [6, 6.07) is 57.4. The minimum Gasteiger partial charge on any atom is -0.372 e. The molecular formula is C48H48N2. The van der Waals surface area contributed by atoms with Crippen LogP contribution in [0.25, 0.3) is 11.1 Å². The van der Waals surface area contributed by atoms with E-state index >= 15 is 0 Å². The Bertz CT molecular complexity index is 1890. The molecule has 0 amide bonds. The van der Waals surface area contributed by atoms with E-state index in [1.54, 1.807) is 0 Å². The first-order valence-electron chi connectivity index (χ1n) is 17.9. The standard InChI is InChI=1S/C48H48N2/c1-5-49(6-2)45-29-25-43(26-30-45)48(34-33-47(41-21-17-37(3)18-22-41)42-23-19-38(4)20-24-42)44-27-31-46(32-28-44)50(35-39-13-9-7-10-14-39)36-40-15-11-8-12-16-40/h7-34H,5-6,35-36H2,1-4H3/b48-34-. The highest BCUT2D eigenvalue weighted by atomic mass is 15.1. The molecule has 0 aromatic heterocycles. The quantitative estimate of drug-likeness (QED) is 0.115. The molecule has 2 heteroatoms. The molecule has 0 N–H and O–H groups in total. The predicted octanol–water partition coefficient (Wildman–Crippen LogP) is 11.9. The molecule has 6 aromatic carbocycles. The van der Waals surface area contributed by atoms with Crippen LogP contribution < -0.4 is 9.80 Å². The first kappa shape index (κ1) is 34.3. The summed E-state index contributed by atoms with van der Waals surface area (Å²) in [5.74, 6) is 0. The summed E-state index contributed by atoms with van der Waals surface area (Å²) in [6.07, 6.45) is 4.61. The lowest BCUT2D eigenvalue weighted by Gasteiger charge is -2.26. The van der Waals surface area contributed by atoms with Gasteiger partial charge in [0.15, 0.2) is 0 Å². The summed E-state index contributed by atoms with van der Waals surface area (Å²) >= 11 is 0. The molecule has 0 heterocycles. The van der Waals surface area contributed by atoms with E-state index in [1.807, 2.05) is 0 Å². The lowest BCUT2D eigenvalue weighted by molar-refractivity contribution is 0.800. The van der Waals surface area contributed by atoms with Crippen molar-refractivity contribution in [2.45, 2.75) is 40.8 Å². The smallest absolute Gasteiger partial charge is 0.0433 e. The van der Waals surface area contributed by atoms with Crippen molar-refractivity contribution in [3.63, 3.8) is 0 Å². The SMILES string of the molecule is CCN(CC)c1ccc(/C(=C/C=C(c2ccc(C)cc2)c2ccc(C)cc2)c2ccc(N(Cc3ccccc3)Cc3ccccc3)cc2)cc1. The van der Waals surface area contributed by atoms with Crippen molar-refractivity contribution in [3.05, 3.63) is 214 Å². The van der Waals surface area contributed by atoms with Crippen LogP contribution in [-0.2, 0) is 13.1 Å². The van der Waals surface area contributed by atoms with E-state index in [-0.39, 0.29) is 0 Å². The highest BCUT2D eigenvalue weighted by molar-refractivity contribution is 5.87. The second kappa shape index (κ2) is 16.7. The van der Waals surface area contributed by atoms with Crippen LogP contribution in [-0.4, -0.2) is 13.1 Å². The first-order valence-corrected chi connectivity index (χ1v) is 17.9. The van der Waals surface area contributed by atoms with Crippen LogP contribution in [0.2, 0.25) is 0 Å². The maximum atomic E-state index is 2.46. The number of benzene rings is 6. The van der Waals surface area contributed by atoms with Crippen LogP contribution >= 0.6 is 0 Å². The van der Waals surface area contributed by atoms with Crippen molar-refractivity contribution >= 4 is 22.5 Å². The van der Waals surface area contributed by atoms with Gasteiger partial charge in [-0.15, -0.1) is 0 Å². The second-order valence-corrected chi connectivity index (χ2v) is 13.0. The van der Waals surface area contributed by atoms with Gasteiger partial charge in [0, 0.05) is 37.6 Å². The van der Waals surface area contributed by atoms with Gasteiger partial charge >= 0.3 is 0 Å². The number of hydrogen-bond acceptors (Lipinski definition) is 2. The fourth-order valence-electron chi connectivity index (χ4n) is 6.49. The van der Waals surface area contributed by atoms with E-state index < -0.39 is 0 Å². The molecule has 0 saturated carbocycles. The molecule has 0 aliphatic heterocycles. The molecule has 0 aliphatic carbocycles. The number of anilines is 2. The monoisotopic (exact) mass is 652 g/mol. The van der Waals surface area contributed by atoms with Crippen LogP contribution in [0.15, 0.2) is 170 Å². The summed E-state index contributed by atoms with van der Waals surface area (Å²) in [4.78, 5) is 4.85. The van der Waals surface area contributed by atoms with E-state index in [0.29, 0.717) is 0 Å². The molecule has 0 bridgehead atoms. The third-order valence-corrected chi connectivity index (χ3v) is 9.42. The molecule has 50 heavy (non-hydrogen) atoms. The maximum Gasteiger partial charge on any atom is 0.0433 e. The molecule has 6 aromatic rings. The van der Waals surface area contributed by atoms with Crippen molar-refractivity contribution in [2.24, 2.45) is 0 Å². The predicted molar refractivity (Wildman–Crippen MR) is 216 cm³/mol. The molecule has 0 saturated heterocycles. The van der Waals surface area contributed by atoms with Crippen LogP contribution in [0.1, 0.15) is 58.4 Å². The van der Waals surface area contributed by atoms with Gasteiger partial charge in [0.2, 0.25) is 0 Å². The molecule has 250 valence electrons. The van der Waals surface area contributed by atoms with Crippen molar-refractivity contribution in [3.8, 4) is 0 Å². The van der Waals surface area contributed by atoms with Crippen molar-refractivity contribution in [2.75, 3.05) is 22.9 Å². The van der Waals surface area contributed by atoms with Gasteiger partial charge in [-0.1, -0.05) is 157 Å². The van der Waals surface area contributed by atoms with Gasteiger partial charge in [-0.05, 0) is 96.5 Å². The normalized spacial score (nSPS) is 11.2. The van der Waals surface area contributed by atoms with Crippen molar-refractivity contribution < 1.29 is 0 Å². The Balaban J connectivity index is 1.42. The summed E-state index contributed by atoms with van der Waals surface area (Å²) < 4.78 is 0. The van der Waals surface area contributed by atoms with Crippen LogP contribution in [0.3, 0.4) is 0 Å². The Morgan fingerprint density at radius 2 is 0.720 bits per heavy atom. The lowest BCUT2D eigenvalue weighted by Crippen LogP contribution is -2.22. The highest BCUT2D eigenvalue weighted by Crippen LogP contribution is 2.31. The third kappa shape index (κ3) is 8.70. The Morgan fingerprint density at radius 1 is 0.400 bits per heavy atom. The van der Waals surface area contributed by atoms with Gasteiger partial charge in [-0.2, -0.15) is 0 Å². The third-order valence-electron chi connectivity index (χ3n) is 9.42. The number of allylic oxidation sites excluding steroid dienone is 2. The van der Waals surface area contributed by atoms with Crippen LogP contribution in [0.5, 0.6) is 0 Å². The Hall–Kier alpha value is -5.60. The first-order chi connectivity index (χ1) is 24.5. The molecule has 0 radical (unpaired) electrons. The minimum absolute atomic E-state index is 0.837. The van der Waals surface area contributed by atoms with Gasteiger partial charge in [-0.3, -0.25) is 0 Å². The Kier molecular flexibility index (Phi) is 11.4. The average Bonchev–Trinajstić information content (AvgIpc) is 3.16. The number of rotatable bonds is 13. The largest absolute Gasteiger partial charge is 0.372 e. The van der Waals surface area contributed by atoms with E-state index in [9.17, 15) is 0 Å². The van der Waals surface area contributed by atoms with Gasteiger partial charge in [-0.25, -0.2) is 0 Å². The maximum absolute atomic E-state index is 2.46. The Morgan fingerprint density at radius 3 is 1.06 bits per heavy atom. The fraction of sp³-hybridized carbons (Fsp3) is 0.167. The van der Waals surface area contributed by atoms with E-state index in [0.717, 1.165) is 26.2 Å². The molecule has 0 atom stereocenters. The number of hydrogen-bond donors (Lipinski definition) is 0. The molecular weight excluding hydrogens is 605 g/mol. The van der Waals surface area contributed by atoms with Gasteiger partial charge in [0.05, 0.1) is 0 Å². The Labute approximate surface area is 299 Å². The zero-order valence-electron chi connectivity index (χ0n) is 29.9. The molecule has 0 spiro atoms. The number of nitrogens with zero attached hydrogens (tertiary/aromatic N) is 2. The summed E-state index contributed by atoms with van der Waals surface area (Å²) in [6.45, 7) is 12.4.